The number of aldehydes is 1. The second-order valence-electron chi connectivity index (χ2n) is 8.58. The van der Waals surface area contributed by atoms with Gasteiger partial charge in [0, 0.05) is 22.5 Å². The first-order chi connectivity index (χ1) is 18.8. The highest BCUT2D eigenvalue weighted by atomic mass is 32.1. The molecule has 0 aliphatic carbocycles. The van der Waals surface area contributed by atoms with Gasteiger partial charge in [0.2, 0.25) is 5.91 Å². The van der Waals surface area contributed by atoms with Crippen LogP contribution in [-0.2, 0) is 9.59 Å². The minimum absolute atomic E-state index is 0.0252. The van der Waals surface area contributed by atoms with E-state index >= 15 is 0 Å². The van der Waals surface area contributed by atoms with E-state index in [0.717, 1.165) is 31.4 Å². The van der Waals surface area contributed by atoms with Gasteiger partial charge in [-0.2, -0.15) is 0 Å². The molecule has 0 radical (unpaired) electrons. The average molecular weight is 554 g/mol. The molecular weight excluding hydrogens is 517 g/mol. The molecule has 1 unspecified atom stereocenters. The second kappa shape index (κ2) is 17.6. The van der Waals surface area contributed by atoms with Crippen LogP contribution in [0.5, 0.6) is 11.5 Å². The van der Waals surface area contributed by atoms with Crippen molar-refractivity contribution in [2.24, 2.45) is 9.98 Å². The summed E-state index contributed by atoms with van der Waals surface area (Å²) in [6.07, 6.45) is 5.57. The maximum Gasteiger partial charge on any atom is 0.241 e. The summed E-state index contributed by atoms with van der Waals surface area (Å²) in [6.45, 7) is 5.41. The van der Waals surface area contributed by atoms with Gasteiger partial charge in [0.1, 0.15) is 23.6 Å². The van der Waals surface area contributed by atoms with E-state index in [1.165, 1.54) is 34.6 Å². The van der Waals surface area contributed by atoms with Crippen molar-refractivity contribution in [3.8, 4) is 11.5 Å². The van der Waals surface area contributed by atoms with E-state index in [-0.39, 0.29) is 24.3 Å². The first-order valence-electron chi connectivity index (χ1n) is 12.5. The Bertz CT molecular complexity index is 1180. The van der Waals surface area contributed by atoms with Crippen LogP contribution in [0.3, 0.4) is 0 Å². The zero-order valence-electron chi connectivity index (χ0n) is 22.8. The van der Waals surface area contributed by atoms with Crippen LogP contribution < -0.4 is 15.4 Å². The van der Waals surface area contributed by atoms with Crippen LogP contribution in [0.2, 0.25) is 0 Å². The van der Waals surface area contributed by atoms with E-state index in [1.54, 1.807) is 43.4 Å². The fourth-order valence-electron chi connectivity index (χ4n) is 3.53. The summed E-state index contributed by atoms with van der Waals surface area (Å²) >= 11 is 1.84. The molecular formula is C29H36FN5O3S. The maximum atomic E-state index is 12.9. The van der Waals surface area contributed by atoms with Gasteiger partial charge in [-0.3, -0.25) is 19.7 Å². The quantitative estimate of drug-likeness (QED) is 0.219. The van der Waals surface area contributed by atoms with Crippen molar-refractivity contribution in [3.05, 3.63) is 76.2 Å². The van der Waals surface area contributed by atoms with Crippen molar-refractivity contribution in [1.29, 1.82) is 0 Å². The number of aryl methyl sites for hydroxylation is 2. The van der Waals surface area contributed by atoms with Gasteiger partial charge in [-0.15, -0.1) is 11.3 Å². The molecule has 10 heteroatoms. The van der Waals surface area contributed by atoms with Crippen molar-refractivity contribution < 1.29 is 18.7 Å². The average Bonchev–Trinajstić information content (AvgIpc) is 3.54. The zero-order valence-corrected chi connectivity index (χ0v) is 23.6. The zero-order chi connectivity index (χ0) is 28.5. The number of thiophene rings is 1. The van der Waals surface area contributed by atoms with Crippen molar-refractivity contribution in [2.75, 3.05) is 32.5 Å². The Hall–Kier alpha value is -3.89. The lowest BCUT2D eigenvalue weighted by Gasteiger charge is -2.18. The number of ether oxygens (including phenoxy) is 1. The maximum absolute atomic E-state index is 12.9. The Morgan fingerprint density at radius 1 is 1.05 bits per heavy atom. The van der Waals surface area contributed by atoms with Gasteiger partial charge < -0.3 is 20.2 Å². The summed E-state index contributed by atoms with van der Waals surface area (Å²) in [5.74, 6) is 0.924. The van der Waals surface area contributed by atoms with Crippen molar-refractivity contribution in [2.45, 2.75) is 32.7 Å². The summed E-state index contributed by atoms with van der Waals surface area (Å²) in [6, 6.07) is 17.2. The van der Waals surface area contributed by atoms with Crippen LogP contribution in [0.4, 0.5) is 10.1 Å². The van der Waals surface area contributed by atoms with Crippen LogP contribution in [0, 0.1) is 19.7 Å². The molecule has 4 rings (SSSR count). The summed E-state index contributed by atoms with van der Waals surface area (Å²) in [5.41, 5.74) is 0.738. The Morgan fingerprint density at radius 2 is 1.67 bits per heavy atom. The summed E-state index contributed by atoms with van der Waals surface area (Å²) in [5, 5.41) is 5.55. The molecule has 208 valence electrons. The molecule has 1 aliphatic rings. The third-order valence-electron chi connectivity index (χ3n) is 5.42. The van der Waals surface area contributed by atoms with E-state index in [0.29, 0.717) is 11.5 Å². The Morgan fingerprint density at radius 3 is 2.15 bits per heavy atom. The summed E-state index contributed by atoms with van der Waals surface area (Å²) in [7, 11) is 3.61. The number of rotatable bonds is 8. The second-order valence-corrected chi connectivity index (χ2v) is 10.1. The highest BCUT2D eigenvalue weighted by molar-refractivity contribution is 7.11. The molecule has 0 saturated carbocycles. The number of likely N-dealkylation sites (N-methyl/N-ethyl adjacent to an activating group) is 1. The first kappa shape index (κ1) is 31.3. The number of carbonyl (C=O) groups excluding carboxylic acids is 2. The number of carbonyl (C=O) groups is 2. The number of likely N-dealkylation sites (tertiary alicyclic amines) is 1. The largest absolute Gasteiger partial charge is 0.457 e. The monoisotopic (exact) mass is 553 g/mol. The van der Waals surface area contributed by atoms with Crippen molar-refractivity contribution in [3.63, 3.8) is 0 Å². The van der Waals surface area contributed by atoms with Crippen LogP contribution in [0.25, 0.3) is 0 Å². The number of nitrogens with zero attached hydrogens (tertiary/aromatic N) is 3. The van der Waals surface area contributed by atoms with Crippen LogP contribution in [0.15, 0.2) is 70.6 Å². The van der Waals surface area contributed by atoms with E-state index in [2.05, 4.69) is 51.5 Å². The molecule has 3 aromatic rings. The Balaban J connectivity index is 0.000000273. The third-order valence-corrected chi connectivity index (χ3v) is 6.33. The molecule has 1 fully saturated rings. The molecule has 0 bridgehead atoms. The SMILES string of the molecule is CN1CCCC1C(=O)Nc1ccc(Oc2ccc(F)cc2)cc1.CN=CNC=NCC=O.Cc1ccc(C)s1. The predicted octanol–water partition coefficient (Wildman–Crippen LogP) is 5.48. The topological polar surface area (TPSA) is 95.4 Å². The number of hydrogen-bond donors (Lipinski definition) is 2. The highest BCUT2D eigenvalue weighted by Gasteiger charge is 2.27. The molecule has 1 aromatic heterocycles. The molecule has 39 heavy (non-hydrogen) atoms. The summed E-state index contributed by atoms with van der Waals surface area (Å²) < 4.78 is 18.5. The molecule has 1 atom stereocenters. The van der Waals surface area contributed by atoms with Crippen LogP contribution >= 0.6 is 11.3 Å². The number of nitrogens with one attached hydrogen (secondary N) is 2. The van der Waals surface area contributed by atoms with Crippen molar-refractivity contribution in [1.82, 2.24) is 10.2 Å². The lowest BCUT2D eigenvalue weighted by molar-refractivity contribution is -0.120. The predicted molar refractivity (Wildman–Crippen MR) is 158 cm³/mol. The van der Waals surface area contributed by atoms with E-state index < -0.39 is 0 Å². The van der Waals surface area contributed by atoms with Gasteiger partial charge in [0.15, 0.2) is 0 Å². The number of benzene rings is 2. The minimum atomic E-state index is -0.299. The van der Waals surface area contributed by atoms with Gasteiger partial charge in [0.05, 0.1) is 25.3 Å². The summed E-state index contributed by atoms with van der Waals surface area (Å²) in [4.78, 5) is 34.0. The number of hydrogen-bond acceptors (Lipinski definition) is 7. The van der Waals surface area contributed by atoms with Crippen LogP contribution in [-0.4, -0.2) is 63.0 Å². The normalized spacial score (nSPS) is 14.7. The van der Waals surface area contributed by atoms with Gasteiger partial charge in [0.25, 0.3) is 0 Å². The lowest BCUT2D eigenvalue weighted by Crippen LogP contribution is -2.37. The molecule has 1 saturated heterocycles. The van der Waals surface area contributed by atoms with E-state index in [1.807, 2.05) is 18.4 Å². The van der Waals surface area contributed by atoms with Gasteiger partial charge in [-0.25, -0.2) is 4.39 Å². The number of amides is 1. The fourth-order valence-corrected chi connectivity index (χ4v) is 4.31. The molecule has 0 spiro atoms. The number of halogens is 1. The molecule has 2 aromatic carbocycles. The molecule has 2 N–H and O–H groups in total. The smallest absolute Gasteiger partial charge is 0.241 e. The highest BCUT2D eigenvalue weighted by Crippen LogP contribution is 2.24. The van der Waals surface area contributed by atoms with E-state index in [4.69, 9.17) is 4.74 Å². The molecule has 2 heterocycles. The number of anilines is 1. The van der Waals surface area contributed by atoms with Gasteiger partial charge in [-0.05, 0) is 101 Å². The molecule has 1 aliphatic heterocycles. The standard InChI is InChI=1S/C18H19FN2O2.C6H8S.C5H9N3O/c1-21-12-2-3-17(21)18(22)20-14-6-10-16(11-7-14)23-15-8-4-13(19)5-9-15;1-5-3-4-6(2)7-5;1-6-4-8-5-7-2-3-9/h4-11,17H,2-3,12H2,1H3,(H,20,22);3-4H,1-2H3;3-5H,2H2,1H3,(H,6,7,8). The van der Waals surface area contributed by atoms with E-state index in [9.17, 15) is 14.0 Å². The first-order valence-corrected chi connectivity index (χ1v) is 13.3. The van der Waals surface area contributed by atoms with Gasteiger partial charge in [-0.1, -0.05) is 0 Å². The molecule has 8 nitrogen and oxygen atoms in total. The number of aliphatic imine (C=N–C) groups is 2. The Kier molecular flexibility index (Phi) is 14.1. The fraction of sp³-hybridized carbons (Fsp3) is 0.310. The minimum Gasteiger partial charge on any atom is -0.457 e. The molecule has 1 amide bonds. The lowest BCUT2D eigenvalue weighted by atomic mass is 10.2. The van der Waals surface area contributed by atoms with Gasteiger partial charge >= 0.3 is 0 Å². The van der Waals surface area contributed by atoms with Crippen molar-refractivity contribution >= 4 is 41.9 Å². The van der Waals surface area contributed by atoms with Crippen LogP contribution in [0.1, 0.15) is 22.6 Å². The Labute approximate surface area is 233 Å². The third kappa shape index (κ3) is 12.5.